The second kappa shape index (κ2) is 9.12. The third-order valence-electron chi connectivity index (χ3n) is 3.11. The van der Waals surface area contributed by atoms with Gasteiger partial charge in [-0.3, -0.25) is 10.1 Å². The number of hydrogen-bond acceptors (Lipinski definition) is 5. The minimum Gasteiger partial charge on any atom is -0.373 e. The van der Waals surface area contributed by atoms with Crippen LogP contribution < -0.4 is 10.6 Å². The minimum atomic E-state index is -0.404. The van der Waals surface area contributed by atoms with Crippen LogP contribution >= 0.6 is 0 Å². The van der Waals surface area contributed by atoms with Gasteiger partial charge in [0.15, 0.2) is 0 Å². The predicted octanol–water partition coefficient (Wildman–Crippen LogP) is 3.80. The van der Waals surface area contributed by atoms with Gasteiger partial charge >= 0.3 is 0 Å². The topological polar surface area (TPSA) is 80.1 Å². The molecule has 0 aliphatic rings. The summed E-state index contributed by atoms with van der Waals surface area (Å²) in [6.07, 6.45) is 7.33. The maximum absolute atomic E-state index is 10.8. The first kappa shape index (κ1) is 16.2. The summed E-state index contributed by atoms with van der Waals surface area (Å²) in [4.78, 5) is 14.7. The van der Waals surface area contributed by atoms with E-state index in [9.17, 15) is 10.1 Å². The van der Waals surface area contributed by atoms with Gasteiger partial charge in [0.05, 0.1) is 17.1 Å². The van der Waals surface area contributed by atoms with Crippen molar-refractivity contribution in [3.63, 3.8) is 0 Å². The van der Waals surface area contributed by atoms with Crippen LogP contribution in [0.4, 0.5) is 17.3 Å². The highest BCUT2D eigenvalue weighted by molar-refractivity contribution is 5.54. The van der Waals surface area contributed by atoms with Gasteiger partial charge in [0.25, 0.3) is 5.69 Å². The number of nitrogens with zero attached hydrogens (tertiary/aromatic N) is 2. The van der Waals surface area contributed by atoms with E-state index < -0.39 is 4.92 Å². The largest absolute Gasteiger partial charge is 0.373 e. The van der Waals surface area contributed by atoms with Crippen LogP contribution in [-0.2, 0) is 0 Å². The van der Waals surface area contributed by atoms with Gasteiger partial charge in [0.1, 0.15) is 11.6 Å². The Morgan fingerprint density at radius 1 is 1.15 bits per heavy atom. The van der Waals surface area contributed by atoms with E-state index in [-0.39, 0.29) is 5.69 Å². The van der Waals surface area contributed by atoms with Gasteiger partial charge in [-0.1, -0.05) is 39.0 Å². The van der Waals surface area contributed by atoms with Gasteiger partial charge in [-0.25, -0.2) is 4.98 Å². The molecule has 0 saturated heterocycles. The first-order chi connectivity index (χ1) is 9.67. The molecule has 0 aliphatic carbocycles. The van der Waals surface area contributed by atoms with Gasteiger partial charge in [0.2, 0.25) is 0 Å². The van der Waals surface area contributed by atoms with Crippen molar-refractivity contribution >= 4 is 17.3 Å². The molecule has 0 aliphatic heterocycles. The van der Waals surface area contributed by atoms with Gasteiger partial charge in [-0.2, -0.15) is 0 Å². The minimum absolute atomic E-state index is 0.0507. The van der Waals surface area contributed by atoms with Crippen molar-refractivity contribution in [3.05, 3.63) is 22.2 Å². The van der Waals surface area contributed by atoms with Crippen molar-refractivity contribution < 1.29 is 4.92 Å². The van der Waals surface area contributed by atoms with E-state index in [1.54, 1.807) is 7.05 Å². The van der Waals surface area contributed by atoms with E-state index in [1.807, 2.05) is 0 Å². The van der Waals surface area contributed by atoms with Crippen molar-refractivity contribution in [1.82, 2.24) is 4.98 Å². The van der Waals surface area contributed by atoms with Crippen LogP contribution in [0.25, 0.3) is 0 Å². The number of hydrogen-bond donors (Lipinski definition) is 2. The standard InChI is InChI=1S/C14H24N4O2/c1-3-4-5-6-7-8-9-16-14-11-12(18(19)20)10-13(15-2)17-14/h10-11H,3-9H2,1-2H3,(H2,15,16,17). The van der Waals surface area contributed by atoms with Crippen molar-refractivity contribution in [2.75, 3.05) is 24.2 Å². The lowest BCUT2D eigenvalue weighted by molar-refractivity contribution is -0.384. The van der Waals surface area contributed by atoms with Crippen LogP contribution in [0, 0.1) is 10.1 Å². The fourth-order valence-corrected chi connectivity index (χ4v) is 1.96. The molecule has 0 aromatic carbocycles. The first-order valence-corrected chi connectivity index (χ1v) is 7.25. The highest BCUT2D eigenvalue weighted by Gasteiger charge is 2.10. The summed E-state index contributed by atoms with van der Waals surface area (Å²) in [7, 11) is 1.70. The summed E-state index contributed by atoms with van der Waals surface area (Å²) >= 11 is 0. The Bertz CT molecular complexity index is 424. The molecule has 1 aromatic rings. The molecule has 6 heteroatoms. The summed E-state index contributed by atoms with van der Waals surface area (Å²) in [6.45, 7) is 3.00. The maximum atomic E-state index is 10.8. The van der Waals surface area contributed by atoms with Gasteiger partial charge in [-0.15, -0.1) is 0 Å². The van der Waals surface area contributed by atoms with Crippen molar-refractivity contribution in [1.29, 1.82) is 0 Å². The fourth-order valence-electron chi connectivity index (χ4n) is 1.96. The van der Waals surface area contributed by atoms with Crippen molar-refractivity contribution in [2.45, 2.75) is 45.4 Å². The zero-order valence-corrected chi connectivity index (χ0v) is 12.3. The van der Waals surface area contributed by atoms with Crippen molar-refractivity contribution in [2.24, 2.45) is 0 Å². The molecule has 0 saturated carbocycles. The van der Waals surface area contributed by atoms with Gasteiger partial charge < -0.3 is 10.6 Å². The molecule has 6 nitrogen and oxygen atoms in total. The zero-order valence-electron chi connectivity index (χ0n) is 12.3. The van der Waals surface area contributed by atoms with Crippen molar-refractivity contribution in [3.8, 4) is 0 Å². The third-order valence-corrected chi connectivity index (χ3v) is 3.11. The molecule has 0 radical (unpaired) electrons. The lowest BCUT2D eigenvalue weighted by Crippen LogP contribution is -2.05. The Hall–Kier alpha value is -1.85. The second-order valence-electron chi connectivity index (χ2n) is 4.80. The molecule has 0 fully saturated rings. The summed E-state index contributed by atoms with van der Waals surface area (Å²) in [6, 6.07) is 2.90. The molecule has 0 bridgehead atoms. The molecule has 112 valence electrons. The molecule has 20 heavy (non-hydrogen) atoms. The molecule has 0 unspecified atom stereocenters. The molecular weight excluding hydrogens is 256 g/mol. The Morgan fingerprint density at radius 2 is 1.80 bits per heavy atom. The van der Waals surface area contributed by atoms with Crippen LogP contribution in [0.15, 0.2) is 12.1 Å². The van der Waals surface area contributed by atoms with Gasteiger partial charge in [-0.05, 0) is 6.42 Å². The molecule has 1 aromatic heterocycles. The lowest BCUT2D eigenvalue weighted by atomic mass is 10.1. The highest BCUT2D eigenvalue weighted by Crippen LogP contribution is 2.20. The number of rotatable bonds is 10. The highest BCUT2D eigenvalue weighted by atomic mass is 16.6. The van der Waals surface area contributed by atoms with E-state index in [1.165, 1.54) is 44.2 Å². The van der Waals surface area contributed by atoms with Crippen LogP contribution in [0.3, 0.4) is 0 Å². The fraction of sp³-hybridized carbons (Fsp3) is 0.643. The molecule has 1 heterocycles. The second-order valence-corrected chi connectivity index (χ2v) is 4.80. The zero-order chi connectivity index (χ0) is 14.8. The molecule has 0 atom stereocenters. The number of aromatic nitrogens is 1. The van der Waals surface area contributed by atoms with Crippen LogP contribution in [0.2, 0.25) is 0 Å². The SMILES string of the molecule is CCCCCCCCNc1cc([N+](=O)[O-])cc(NC)n1. The monoisotopic (exact) mass is 280 g/mol. The van der Waals surface area contributed by atoms with Crippen LogP contribution in [0.1, 0.15) is 45.4 Å². The Balaban J connectivity index is 2.39. The van der Waals surface area contributed by atoms with E-state index in [2.05, 4.69) is 22.5 Å². The Morgan fingerprint density at radius 3 is 2.45 bits per heavy atom. The third kappa shape index (κ3) is 5.86. The van der Waals surface area contributed by atoms with E-state index >= 15 is 0 Å². The van der Waals surface area contributed by atoms with Gasteiger partial charge in [0, 0.05) is 13.6 Å². The summed E-state index contributed by atoms with van der Waals surface area (Å²) in [5, 5.41) is 16.8. The summed E-state index contributed by atoms with van der Waals surface area (Å²) in [5.74, 6) is 1.06. The summed E-state index contributed by atoms with van der Waals surface area (Å²) < 4.78 is 0. The Labute approximate surface area is 120 Å². The Kier molecular flexibility index (Phi) is 7.39. The molecule has 1 rings (SSSR count). The van der Waals surface area contributed by atoms with E-state index in [4.69, 9.17) is 0 Å². The molecular formula is C14H24N4O2. The maximum Gasteiger partial charge on any atom is 0.276 e. The number of pyridine rings is 1. The number of nitrogens with one attached hydrogen (secondary N) is 2. The average Bonchev–Trinajstić information content (AvgIpc) is 2.46. The van der Waals surface area contributed by atoms with Crippen LogP contribution in [0.5, 0.6) is 0 Å². The van der Waals surface area contributed by atoms with E-state index in [0.29, 0.717) is 11.6 Å². The van der Waals surface area contributed by atoms with Crippen LogP contribution in [-0.4, -0.2) is 23.5 Å². The smallest absolute Gasteiger partial charge is 0.276 e. The molecule has 0 spiro atoms. The summed E-state index contributed by atoms with van der Waals surface area (Å²) in [5.41, 5.74) is 0.0507. The molecule has 2 N–H and O–H groups in total. The molecule has 0 amide bonds. The lowest BCUT2D eigenvalue weighted by Gasteiger charge is -2.07. The normalized spacial score (nSPS) is 10.3. The predicted molar refractivity (Wildman–Crippen MR) is 82.3 cm³/mol. The number of anilines is 2. The average molecular weight is 280 g/mol. The quantitative estimate of drug-likeness (QED) is 0.387. The number of nitro groups is 1. The first-order valence-electron chi connectivity index (χ1n) is 7.25. The number of unbranched alkanes of at least 4 members (excludes halogenated alkanes) is 5. The van der Waals surface area contributed by atoms with E-state index in [0.717, 1.165) is 13.0 Å².